The Bertz CT molecular complexity index is 675. The Balaban J connectivity index is 1.57. The van der Waals surface area contributed by atoms with Gasteiger partial charge in [-0.05, 0) is 37.5 Å². The molecule has 1 aromatic rings. The minimum atomic E-state index is -0.319. The average Bonchev–Trinajstić information content (AvgIpc) is 3.10. The van der Waals surface area contributed by atoms with Crippen molar-refractivity contribution >= 4 is 29.3 Å². The Morgan fingerprint density at radius 1 is 1.24 bits per heavy atom. The predicted molar refractivity (Wildman–Crippen MR) is 94.8 cm³/mol. The van der Waals surface area contributed by atoms with Crippen LogP contribution in [0.1, 0.15) is 36.0 Å². The topological polar surface area (TPSA) is 67.9 Å². The third-order valence-corrected chi connectivity index (χ3v) is 5.93. The summed E-state index contributed by atoms with van der Waals surface area (Å²) in [5.41, 5.74) is 1.34. The Labute approximate surface area is 151 Å². The van der Waals surface area contributed by atoms with Crippen molar-refractivity contribution in [3.8, 4) is 0 Å². The second kappa shape index (κ2) is 7.35. The monoisotopic (exact) mass is 362 g/mol. The van der Waals surface area contributed by atoms with Gasteiger partial charge in [-0.15, -0.1) is 11.8 Å². The number of nitrogens with one attached hydrogen (secondary N) is 1. The molecule has 1 atom stereocenters. The number of nitrogens with zero attached hydrogens (tertiary/aromatic N) is 1. The van der Waals surface area contributed by atoms with E-state index in [0.717, 1.165) is 35.6 Å². The van der Waals surface area contributed by atoms with Crippen LogP contribution >= 0.6 is 11.8 Å². The number of hydrogen-bond acceptors (Lipinski definition) is 5. The zero-order chi connectivity index (χ0) is 17.2. The fourth-order valence-electron chi connectivity index (χ4n) is 3.61. The average molecular weight is 362 g/mol. The maximum absolute atomic E-state index is 13.1. The van der Waals surface area contributed by atoms with E-state index >= 15 is 0 Å². The molecule has 3 aliphatic heterocycles. The summed E-state index contributed by atoms with van der Waals surface area (Å²) in [5, 5.41) is 2.91. The third kappa shape index (κ3) is 3.54. The highest BCUT2D eigenvalue weighted by Gasteiger charge is 2.36. The van der Waals surface area contributed by atoms with Crippen LogP contribution in [0, 0.1) is 0 Å². The second-order valence-electron chi connectivity index (χ2n) is 6.53. The summed E-state index contributed by atoms with van der Waals surface area (Å²) in [6, 6.07) is 5.55. The van der Waals surface area contributed by atoms with E-state index in [0.29, 0.717) is 31.7 Å². The molecule has 3 heterocycles. The van der Waals surface area contributed by atoms with Crippen LogP contribution in [-0.4, -0.2) is 54.6 Å². The van der Waals surface area contributed by atoms with Gasteiger partial charge >= 0.3 is 0 Å². The quantitative estimate of drug-likeness (QED) is 0.875. The summed E-state index contributed by atoms with van der Waals surface area (Å²) >= 11 is 1.64. The molecular formula is C18H22N2O4S. The molecule has 2 saturated heterocycles. The minimum absolute atomic E-state index is 0.000506. The Hall–Kier alpha value is -1.57. The van der Waals surface area contributed by atoms with Gasteiger partial charge in [0.2, 0.25) is 5.91 Å². The molecule has 6 nitrogen and oxygen atoms in total. The largest absolute Gasteiger partial charge is 0.348 e. The van der Waals surface area contributed by atoms with Gasteiger partial charge in [0.15, 0.2) is 6.29 Å². The van der Waals surface area contributed by atoms with Gasteiger partial charge in [-0.2, -0.15) is 0 Å². The molecule has 7 heteroatoms. The molecule has 25 heavy (non-hydrogen) atoms. The number of anilines is 1. The second-order valence-corrected chi connectivity index (χ2v) is 7.67. The van der Waals surface area contributed by atoms with Crippen LogP contribution in [0.4, 0.5) is 5.69 Å². The molecule has 0 bridgehead atoms. The molecule has 0 saturated carbocycles. The number of carbonyl (C=O) groups is 2. The molecule has 1 aromatic carbocycles. The maximum atomic E-state index is 13.1. The van der Waals surface area contributed by atoms with Crippen LogP contribution in [-0.2, 0) is 14.3 Å². The lowest BCUT2D eigenvalue weighted by Gasteiger charge is -2.38. The van der Waals surface area contributed by atoms with Crippen molar-refractivity contribution in [2.24, 2.45) is 0 Å². The highest BCUT2D eigenvalue weighted by molar-refractivity contribution is 7.99. The highest BCUT2D eigenvalue weighted by Crippen LogP contribution is 2.33. The number of piperidine rings is 1. The molecule has 1 N–H and O–H groups in total. The Morgan fingerprint density at radius 2 is 2.08 bits per heavy atom. The standard InChI is InChI=1S/C18H22N2O4S/c21-16-6-10-25-15-5-4-12(11-13(15)19-16)17(22)20-7-2-1-3-14(20)18-23-8-9-24-18/h4-5,11,14,18H,1-3,6-10H2,(H,19,21)/t14-/m0/s1. The fraction of sp³-hybridized carbons (Fsp3) is 0.556. The summed E-state index contributed by atoms with van der Waals surface area (Å²) in [4.78, 5) is 27.8. The number of thioether (sulfide) groups is 1. The van der Waals surface area contributed by atoms with E-state index < -0.39 is 0 Å². The van der Waals surface area contributed by atoms with Crippen molar-refractivity contribution in [1.82, 2.24) is 4.90 Å². The number of ether oxygens (including phenoxy) is 2. The Kier molecular flexibility index (Phi) is 4.96. The lowest BCUT2D eigenvalue weighted by molar-refractivity contribution is -0.115. The summed E-state index contributed by atoms with van der Waals surface area (Å²) in [6.45, 7) is 1.89. The third-order valence-electron chi connectivity index (χ3n) is 4.86. The normalized spacial score (nSPS) is 24.6. The number of likely N-dealkylation sites (tertiary alicyclic amines) is 1. The molecular weight excluding hydrogens is 340 g/mol. The summed E-state index contributed by atoms with van der Waals surface area (Å²) in [6.07, 6.45) is 3.14. The minimum Gasteiger partial charge on any atom is -0.348 e. The van der Waals surface area contributed by atoms with Crippen molar-refractivity contribution in [1.29, 1.82) is 0 Å². The Morgan fingerprint density at radius 3 is 2.92 bits per heavy atom. The van der Waals surface area contributed by atoms with Crippen molar-refractivity contribution in [3.05, 3.63) is 23.8 Å². The van der Waals surface area contributed by atoms with Gasteiger partial charge in [0, 0.05) is 29.2 Å². The smallest absolute Gasteiger partial charge is 0.254 e. The predicted octanol–water partition coefficient (Wildman–Crippen LogP) is 2.49. The molecule has 3 aliphatic rings. The summed E-state index contributed by atoms with van der Waals surface area (Å²) in [5.74, 6) is 0.742. The molecule has 4 rings (SSSR count). The van der Waals surface area contributed by atoms with Gasteiger partial charge in [-0.3, -0.25) is 9.59 Å². The molecule has 0 aromatic heterocycles. The first kappa shape index (κ1) is 16.9. The number of rotatable bonds is 2. The highest BCUT2D eigenvalue weighted by atomic mass is 32.2. The van der Waals surface area contributed by atoms with E-state index in [1.807, 2.05) is 17.0 Å². The van der Waals surface area contributed by atoms with Crippen LogP contribution in [0.3, 0.4) is 0 Å². The first-order valence-corrected chi connectivity index (χ1v) is 9.82. The number of fused-ring (bicyclic) bond motifs is 1. The van der Waals surface area contributed by atoms with Gasteiger partial charge in [-0.1, -0.05) is 0 Å². The zero-order valence-corrected chi connectivity index (χ0v) is 14.8. The van der Waals surface area contributed by atoms with Crippen LogP contribution in [0.2, 0.25) is 0 Å². The van der Waals surface area contributed by atoms with Gasteiger partial charge in [-0.25, -0.2) is 0 Å². The van der Waals surface area contributed by atoms with Crippen molar-refractivity contribution in [2.75, 3.05) is 30.8 Å². The molecule has 0 radical (unpaired) electrons. The number of amides is 2. The number of carbonyl (C=O) groups excluding carboxylic acids is 2. The van der Waals surface area contributed by atoms with Crippen molar-refractivity contribution in [3.63, 3.8) is 0 Å². The van der Waals surface area contributed by atoms with Crippen molar-refractivity contribution in [2.45, 2.75) is 42.9 Å². The first-order valence-electron chi connectivity index (χ1n) is 8.83. The molecule has 0 aliphatic carbocycles. The first-order chi connectivity index (χ1) is 12.2. The lowest BCUT2D eigenvalue weighted by atomic mass is 10.00. The van der Waals surface area contributed by atoms with E-state index in [2.05, 4.69) is 5.32 Å². The van der Waals surface area contributed by atoms with Gasteiger partial charge in [0.25, 0.3) is 5.91 Å². The lowest BCUT2D eigenvalue weighted by Crippen LogP contribution is -2.50. The molecule has 134 valence electrons. The SMILES string of the molecule is O=C1CCSc2ccc(C(=O)N3CCCC[C@H]3C3OCCO3)cc2N1. The molecule has 0 spiro atoms. The number of benzene rings is 1. The van der Waals surface area contributed by atoms with Crippen molar-refractivity contribution < 1.29 is 19.1 Å². The van der Waals surface area contributed by atoms with Gasteiger partial charge in [0.05, 0.1) is 24.9 Å². The van der Waals surface area contributed by atoms with E-state index in [9.17, 15) is 9.59 Å². The summed E-state index contributed by atoms with van der Waals surface area (Å²) < 4.78 is 11.3. The molecule has 2 fully saturated rings. The van der Waals surface area contributed by atoms with Gasteiger partial charge in [0.1, 0.15) is 0 Å². The summed E-state index contributed by atoms with van der Waals surface area (Å²) in [7, 11) is 0. The number of hydrogen-bond donors (Lipinski definition) is 1. The zero-order valence-electron chi connectivity index (χ0n) is 14.0. The van der Waals surface area contributed by atoms with E-state index in [1.54, 1.807) is 17.8 Å². The van der Waals surface area contributed by atoms with Crippen LogP contribution in [0.25, 0.3) is 0 Å². The fourth-order valence-corrected chi connectivity index (χ4v) is 4.55. The molecule has 2 amide bonds. The van der Waals surface area contributed by atoms with E-state index in [4.69, 9.17) is 9.47 Å². The molecule has 0 unspecified atom stereocenters. The van der Waals surface area contributed by atoms with Crippen LogP contribution < -0.4 is 5.32 Å². The van der Waals surface area contributed by atoms with Gasteiger partial charge < -0.3 is 19.7 Å². The van der Waals surface area contributed by atoms with Crippen LogP contribution in [0.5, 0.6) is 0 Å². The maximum Gasteiger partial charge on any atom is 0.254 e. The van der Waals surface area contributed by atoms with E-state index in [-0.39, 0.29) is 24.1 Å². The van der Waals surface area contributed by atoms with Crippen LogP contribution in [0.15, 0.2) is 23.1 Å². The van der Waals surface area contributed by atoms with E-state index in [1.165, 1.54) is 0 Å².